The molecule has 2 amide bonds. The largest absolute Gasteiger partial charge is 0.322 e. The standard InChI is InChI=1S/C26H28N4O2/c1-19-10-11-23(28-25(31)21-7-3-2-4-8-21)17-24(19)29-26(32)22-9-5-6-20(16-22)18-30-14-12-27-13-15-30/h2-11,16-17,27H,12-15,18H2,1H3,(H,28,31)(H,29,32). The molecule has 0 aliphatic carbocycles. The summed E-state index contributed by atoms with van der Waals surface area (Å²) >= 11 is 0. The van der Waals surface area contributed by atoms with Crippen molar-refractivity contribution in [3.63, 3.8) is 0 Å². The van der Waals surface area contributed by atoms with Gasteiger partial charge in [0.05, 0.1) is 0 Å². The molecule has 1 saturated heterocycles. The number of benzene rings is 3. The highest BCUT2D eigenvalue weighted by Gasteiger charge is 2.13. The summed E-state index contributed by atoms with van der Waals surface area (Å²) in [6, 6.07) is 22.3. The molecule has 0 unspecified atom stereocenters. The summed E-state index contributed by atoms with van der Waals surface area (Å²) in [6.07, 6.45) is 0. The van der Waals surface area contributed by atoms with Crippen molar-refractivity contribution in [1.82, 2.24) is 10.2 Å². The molecule has 4 rings (SSSR count). The Hall–Kier alpha value is -3.48. The van der Waals surface area contributed by atoms with Gasteiger partial charge in [0.25, 0.3) is 11.8 Å². The zero-order valence-corrected chi connectivity index (χ0v) is 18.2. The second kappa shape index (κ2) is 10.2. The van der Waals surface area contributed by atoms with Crippen LogP contribution < -0.4 is 16.0 Å². The number of hydrogen-bond donors (Lipinski definition) is 3. The summed E-state index contributed by atoms with van der Waals surface area (Å²) in [5.74, 6) is -0.353. The number of piperazine rings is 1. The summed E-state index contributed by atoms with van der Waals surface area (Å²) in [5, 5.41) is 9.25. The van der Waals surface area contributed by atoms with Gasteiger partial charge in [-0.2, -0.15) is 0 Å². The Morgan fingerprint density at radius 3 is 2.34 bits per heavy atom. The lowest BCUT2D eigenvalue weighted by Crippen LogP contribution is -2.42. The number of amides is 2. The van der Waals surface area contributed by atoms with Gasteiger partial charge in [-0.05, 0) is 54.4 Å². The van der Waals surface area contributed by atoms with E-state index in [-0.39, 0.29) is 11.8 Å². The Labute approximate surface area is 188 Å². The molecule has 0 bridgehead atoms. The van der Waals surface area contributed by atoms with E-state index in [0.29, 0.717) is 22.5 Å². The van der Waals surface area contributed by atoms with E-state index in [0.717, 1.165) is 43.9 Å². The third-order valence-corrected chi connectivity index (χ3v) is 5.58. The summed E-state index contributed by atoms with van der Waals surface area (Å²) in [6.45, 7) is 6.78. The van der Waals surface area contributed by atoms with Crippen molar-refractivity contribution in [2.75, 3.05) is 36.8 Å². The molecular formula is C26H28N4O2. The summed E-state index contributed by atoms with van der Waals surface area (Å²) < 4.78 is 0. The Balaban J connectivity index is 1.44. The fraction of sp³-hybridized carbons (Fsp3) is 0.231. The Morgan fingerprint density at radius 2 is 1.56 bits per heavy atom. The number of aryl methyl sites for hydroxylation is 1. The summed E-state index contributed by atoms with van der Waals surface area (Å²) in [4.78, 5) is 27.8. The van der Waals surface area contributed by atoms with Gasteiger partial charge in [0.15, 0.2) is 0 Å². The molecule has 1 fully saturated rings. The normalized spacial score (nSPS) is 14.0. The van der Waals surface area contributed by atoms with Gasteiger partial charge in [0.2, 0.25) is 0 Å². The number of carbonyl (C=O) groups is 2. The number of carbonyl (C=O) groups excluding carboxylic acids is 2. The molecule has 6 heteroatoms. The molecule has 3 aromatic carbocycles. The van der Waals surface area contributed by atoms with Gasteiger partial charge in [-0.15, -0.1) is 0 Å². The van der Waals surface area contributed by atoms with Crippen LogP contribution in [-0.4, -0.2) is 42.9 Å². The second-order valence-corrected chi connectivity index (χ2v) is 8.03. The minimum atomic E-state index is -0.188. The van der Waals surface area contributed by atoms with Crippen LogP contribution in [0.2, 0.25) is 0 Å². The average Bonchev–Trinajstić information content (AvgIpc) is 2.82. The Bertz CT molecular complexity index is 1090. The molecule has 0 radical (unpaired) electrons. The van der Waals surface area contributed by atoms with E-state index >= 15 is 0 Å². The van der Waals surface area contributed by atoms with Gasteiger partial charge in [0, 0.05) is 55.2 Å². The number of nitrogens with one attached hydrogen (secondary N) is 3. The minimum absolute atomic E-state index is 0.165. The van der Waals surface area contributed by atoms with Crippen molar-refractivity contribution in [1.29, 1.82) is 0 Å². The third-order valence-electron chi connectivity index (χ3n) is 5.58. The van der Waals surface area contributed by atoms with Crippen LogP contribution >= 0.6 is 0 Å². The second-order valence-electron chi connectivity index (χ2n) is 8.03. The molecule has 0 atom stereocenters. The smallest absolute Gasteiger partial charge is 0.255 e. The van der Waals surface area contributed by atoms with E-state index in [4.69, 9.17) is 0 Å². The predicted octanol–water partition coefficient (Wildman–Crippen LogP) is 3.90. The molecular weight excluding hydrogens is 400 g/mol. The van der Waals surface area contributed by atoms with Gasteiger partial charge in [0.1, 0.15) is 0 Å². The maximum Gasteiger partial charge on any atom is 0.255 e. The maximum absolute atomic E-state index is 12.9. The first-order valence-electron chi connectivity index (χ1n) is 10.9. The zero-order chi connectivity index (χ0) is 22.3. The maximum atomic E-state index is 12.9. The lowest BCUT2D eigenvalue weighted by atomic mass is 10.1. The van der Waals surface area contributed by atoms with Crippen molar-refractivity contribution in [2.24, 2.45) is 0 Å². The topological polar surface area (TPSA) is 73.5 Å². The van der Waals surface area contributed by atoms with E-state index in [2.05, 4.69) is 26.9 Å². The van der Waals surface area contributed by atoms with Gasteiger partial charge in [-0.1, -0.05) is 36.4 Å². The van der Waals surface area contributed by atoms with Crippen LogP contribution in [0.1, 0.15) is 31.8 Å². The molecule has 1 heterocycles. The molecule has 32 heavy (non-hydrogen) atoms. The molecule has 164 valence electrons. The lowest BCUT2D eigenvalue weighted by Gasteiger charge is -2.27. The fourth-order valence-electron chi connectivity index (χ4n) is 3.76. The van der Waals surface area contributed by atoms with Crippen molar-refractivity contribution in [2.45, 2.75) is 13.5 Å². The van der Waals surface area contributed by atoms with Gasteiger partial charge in [-0.25, -0.2) is 0 Å². The lowest BCUT2D eigenvalue weighted by molar-refractivity contribution is 0.101. The molecule has 0 saturated carbocycles. The molecule has 0 aromatic heterocycles. The number of nitrogens with zero attached hydrogens (tertiary/aromatic N) is 1. The Morgan fingerprint density at radius 1 is 0.844 bits per heavy atom. The van der Waals surface area contributed by atoms with Gasteiger partial charge >= 0.3 is 0 Å². The van der Waals surface area contributed by atoms with E-state index < -0.39 is 0 Å². The van der Waals surface area contributed by atoms with E-state index in [1.54, 1.807) is 18.2 Å². The first-order valence-corrected chi connectivity index (χ1v) is 10.9. The summed E-state index contributed by atoms with van der Waals surface area (Å²) in [7, 11) is 0. The third kappa shape index (κ3) is 5.60. The number of anilines is 2. The van der Waals surface area contributed by atoms with Crippen LogP contribution in [0.4, 0.5) is 11.4 Å². The predicted molar refractivity (Wildman–Crippen MR) is 128 cm³/mol. The van der Waals surface area contributed by atoms with Crippen LogP contribution in [0, 0.1) is 6.92 Å². The van der Waals surface area contributed by atoms with Crippen LogP contribution in [0.3, 0.4) is 0 Å². The van der Waals surface area contributed by atoms with Crippen LogP contribution in [0.15, 0.2) is 72.8 Å². The van der Waals surface area contributed by atoms with Gasteiger partial charge in [-0.3, -0.25) is 14.5 Å². The fourth-order valence-corrected chi connectivity index (χ4v) is 3.76. The highest BCUT2D eigenvalue weighted by molar-refractivity contribution is 6.06. The minimum Gasteiger partial charge on any atom is -0.322 e. The van der Waals surface area contributed by atoms with Crippen molar-refractivity contribution >= 4 is 23.2 Å². The van der Waals surface area contributed by atoms with Crippen molar-refractivity contribution in [3.05, 3.63) is 95.1 Å². The Kier molecular flexibility index (Phi) is 6.94. The number of hydrogen-bond acceptors (Lipinski definition) is 4. The van der Waals surface area contributed by atoms with E-state index in [9.17, 15) is 9.59 Å². The molecule has 3 aromatic rings. The molecule has 1 aliphatic rings. The molecule has 0 spiro atoms. The summed E-state index contributed by atoms with van der Waals surface area (Å²) in [5.41, 5.74) is 4.56. The SMILES string of the molecule is Cc1ccc(NC(=O)c2ccccc2)cc1NC(=O)c1cccc(CN2CCNCC2)c1. The molecule has 6 nitrogen and oxygen atoms in total. The van der Waals surface area contributed by atoms with Gasteiger partial charge < -0.3 is 16.0 Å². The highest BCUT2D eigenvalue weighted by atomic mass is 16.2. The van der Waals surface area contributed by atoms with Crippen molar-refractivity contribution in [3.8, 4) is 0 Å². The van der Waals surface area contributed by atoms with Crippen molar-refractivity contribution < 1.29 is 9.59 Å². The monoisotopic (exact) mass is 428 g/mol. The highest BCUT2D eigenvalue weighted by Crippen LogP contribution is 2.22. The first-order chi connectivity index (χ1) is 15.6. The van der Waals surface area contributed by atoms with Crippen LogP contribution in [0.25, 0.3) is 0 Å². The van der Waals surface area contributed by atoms with E-state index in [1.165, 1.54) is 0 Å². The quantitative estimate of drug-likeness (QED) is 0.557. The van der Waals surface area contributed by atoms with Crippen LogP contribution in [0.5, 0.6) is 0 Å². The average molecular weight is 429 g/mol. The zero-order valence-electron chi connectivity index (χ0n) is 18.2. The first kappa shape index (κ1) is 21.7. The van der Waals surface area contributed by atoms with Crippen LogP contribution in [-0.2, 0) is 6.54 Å². The van der Waals surface area contributed by atoms with E-state index in [1.807, 2.05) is 55.5 Å². The number of rotatable bonds is 6. The molecule has 3 N–H and O–H groups in total. The molecule has 1 aliphatic heterocycles.